The third-order valence-electron chi connectivity index (χ3n) is 2.08. The summed E-state index contributed by atoms with van der Waals surface area (Å²) in [6.45, 7) is 2.23. The van der Waals surface area contributed by atoms with E-state index in [4.69, 9.17) is 5.26 Å². The molecule has 0 aliphatic heterocycles. The largest absolute Gasteiger partial charge is 0.193 e. The van der Waals surface area contributed by atoms with E-state index in [1.165, 1.54) is 38.2 Å². The summed E-state index contributed by atoms with van der Waals surface area (Å²) in [4.78, 5) is 0. The van der Waals surface area contributed by atoms with E-state index in [1.807, 2.05) is 12.1 Å². The molecule has 0 bridgehead atoms. The van der Waals surface area contributed by atoms with E-state index < -0.39 is 0 Å². The van der Waals surface area contributed by atoms with Gasteiger partial charge in [-0.05, 0) is 19.3 Å². The smallest absolute Gasteiger partial charge is 0.0912 e. The number of unbranched alkanes of at least 4 members (excludes halogenated alkanes) is 4. The van der Waals surface area contributed by atoms with Crippen LogP contribution in [0.15, 0.2) is 36.5 Å². The number of hydrogen-bond donors (Lipinski definition) is 0. The van der Waals surface area contributed by atoms with E-state index in [-0.39, 0.29) is 0 Å². The molecule has 0 unspecified atom stereocenters. The molecule has 0 aliphatic carbocycles. The Hall–Kier alpha value is -1.29. The molecule has 0 rings (SSSR count). The van der Waals surface area contributed by atoms with Crippen LogP contribution in [0.4, 0.5) is 0 Å². The Bertz CT molecular complexity index is 241. The van der Waals surface area contributed by atoms with Gasteiger partial charge in [-0.25, -0.2) is 0 Å². The molecule has 0 saturated heterocycles. The summed E-state index contributed by atoms with van der Waals surface area (Å²) < 4.78 is 0. The number of allylic oxidation sites excluding steroid dienone is 6. The minimum absolute atomic E-state index is 0.962. The molecule has 1 heteroatoms. The van der Waals surface area contributed by atoms with Crippen LogP contribution in [0.25, 0.3) is 0 Å². The van der Waals surface area contributed by atoms with E-state index in [0.29, 0.717) is 0 Å². The van der Waals surface area contributed by atoms with Crippen LogP contribution in [0.1, 0.15) is 45.4 Å². The van der Waals surface area contributed by atoms with Gasteiger partial charge in [-0.1, -0.05) is 56.6 Å². The molecule has 0 N–H and O–H groups in total. The van der Waals surface area contributed by atoms with Gasteiger partial charge in [0.1, 0.15) is 0 Å². The second kappa shape index (κ2) is 12.7. The zero-order valence-corrected chi connectivity index (χ0v) is 9.65. The Morgan fingerprint density at radius 2 is 1.87 bits per heavy atom. The van der Waals surface area contributed by atoms with Gasteiger partial charge in [-0.15, -0.1) is 0 Å². The molecule has 0 amide bonds. The number of rotatable bonds is 8. The highest BCUT2D eigenvalue weighted by Crippen LogP contribution is 2.03. The normalized spacial score (nSPS) is 11.7. The molecule has 0 aromatic rings. The molecule has 82 valence electrons. The van der Waals surface area contributed by atoms with Crippen LogP contribution < -0.4 is 0 Å². The van der Waals surface area contributed by atoms with Crippen molar-refractivity contribution in [2.24, 2.45) is 0 Å². The van der Waals surface area contributed by atoms with E-state index in [1.54, 1.807) is 6.08 Å². The minimum atomic E-state index is 0.962. The van der Waals surface area contributed by atoms with Crippen molar-refractivity contribution in [2.75, 3.05) is 0 Å². The molecule has 1 nitrogen and oxygen atoms in total. The van der Waals surface area contributed by atoms with Crippen LogP contribution in [-0.4, -0.2) is 0 Å². The second-order valence-electron chi connectivity index (χ2n) is 3.47. The highest BCUT2D eigenvalue weighted by Gasteiger charge is 1.83. The van der Waals surface area contributed by atoms with Crippen molar-refractivity contribution < 1.29 is 0 Å². The maximum absolute atomic E-state index is 8.23. The fourth-order valence-corrected chi connectivity index (χ4v) is 1.24. The van der Waals surface area contributed by atoms with Gasteiger partial charge in [-0.2, -0.15) is 5.26 Å². The third kappa shape index (κ3) is 12.7. The van der Waals surface area contributed by atoms with E-state index in [9.17, 15) is 0 Å². The average molecular weight is 203 g/mol. The lowest BCUT2D eigenvalue weighted by atomic mass is 10.1. The standard InChI is InChI=1S/C14H21N/c1-2-3-4-5-6-7-8-9-10-11-12-13-14-15/h7-8,10-13H,2-6,9H2,1H3/b8-7+,11-10+,13-12+. The number of nitriles is 1. The monoisotopic (exact) mass is 203 g/mol. The van der Waals surface area contributed by atoms with Crippen LogP contribution in [0, 0.1) is 11.3 Å². The van der Waals surface area contributed by atoms with Crippen LogP contribution in [0.2, 0.25) is 0 Å². The zero-order valence-electron chi connectivity index (χ0n) is 9.65. The van der Waals surface area contributed by atoms with Gasteiger partial charge in [0.15, 0.2) is 0 Å². The van der Waals surface area contributed by atoms with E-state index >= 15 is 0 Å². The van der Waals surface area contributed by atoms with Crippen LogP contribution in [0.5, 0.6) is 0 Å². The lowest BCUT2D eigenvalue weighted by molar-refractivity contribution is 0.674. The summed E-state index contributed by atoms with van der Waals surface area (Å²) in [7, 11) is 0. The van der Waals surface area contributed by atoms with Crippen LogP contribution in [0.3, 0.4) is 0 Å². The molecule has 0 aromatic heterocycles. The molecule has 0 aliphatic rings. The Kier molecular flexibility index (Phi) is 11.6. The zero-order chi connectivity index (χ0) is 11.2. The number of hydrogen-bond acceptors (Lipinski definition) is 1. The van der Waals surface area contributed by atoms with Gasteiger partial charge < -0.3 is 0 Å². The first-order valence-corrected chi connectivity index (χ1v) is 5.78. The summed E-state index contributed by atoms with van der Waals surface area (Å²) in [5, 5.41) is 8.23. The van der Waals surface area contributed by atoms with Crippen molar-refractivity contribution in [1.82, 2.24) is 0 Å². The highest BCUT2D eigenvalue weighted by atomic mass is 14.2. The van der Waals surface area contributed by atoms with Gasteiger partial charge in [0, 0.05) is 6.08 Å². The first kappa shape index (κ1) is 13.7. The fourth-order valence-electron chi connectivity index (χ4n) is 1.24. The maximum atomic E-state index is 8.23. The lowest BCUT2D eigenvalue weighted by Crippen LogP contribution is -1.73. The third-order valence-corrected chi connectivity index (χ3v) is 2.08. The second-order valence-corrected chi connectivity index (χ2v) is 3.47. The Morgan fingerprint density at radius 3 is 2.60 bits per heavy atom. The van der Waals surface area contributed by atoms with Crippen molar-refractivity contribution >= 4 is 0 Å². The molecule has 0 spiro atoms. The lowest BCUT2D eigenvalue weighted by Gasteiger charge is -1.93. The first-order chi connectivity index (χ1) is 7.41. The predicted molar refractivity (Wildman–Crippen MR) is 66.4 cm³/mol. The average Bonchev–Trinajstić information content (AvgIpc) is 2.26. The molecule has 0 fully saturated rings. The minimum Gasteiger partial charge on any atom is -0.193 e. The number of nitrogens with zero attached hydrogens (tertiary/aromatic N) is 1. The Morgan fingerprint density at radius 1 is 1.00 bits per heavy atom. The summed E-state index contributed by atoms with van der Waals surface area (Å²) in [6.07, 6.45) is 19.1. The summed E-state index contributed by atoms with van der Waals surface area (Å²) in [6, 6.07) is 1.95. The van der Waals surface area contributed by atoms with Crippen LogP contribution in [-0.2, 0) is 0 Å². The molecule has 0 aromatic carbocycles. The van der Waals surface area contributed by atoms with Crippen molar-refractivity contribution in [1.29, 1.82) is 5.26 Å². The van der Waals surface area contributed by atoms with Crippen molar-refractivity contribution in [2.45, 2.75) is 45.4 Å². The van der Waals surface area contributed by atoms with Crippen LogP contribution >= 0.6 is 0 Å². The molecule has 0 heterocycles. The predicted octanol–water partition coefficient (Wildman–Crippen LogP) is 4.54. The van der Waals surface area contributed by atoms with Gasteiger partial charge in [0.05, 0.1) is 6.07 Å². The van der Waals surface area contributed by atoms with Gasteiger partial charge in [0.2, 0.25) is 0 Å². The summed E-state index contributed by atoms with van der Waals surface area (Å²) in [5.74, 6) is 0. The maximum Gasteiger partial charge on any atom is 0.0912 e. The molecule has 0 radical (unpaired) electrons. The fraction of sp³-hybridized carbons (Fsp3) is 0.500. The molecule has 15 heavy (non-hydrogen) atoms. The van der Waals surface area contributed by atoms with Crippen molar-refractivity contribution in [3.63, 3.8) is 0 Å². The molecule has 0 atom stereocenters. The molecule has 0 saturated carbocycles. The topological polar surface area (TPSA) is 23.8 Å². The Labute approximate surface area is 93.8 Å². The van der Waals surface area contributed by atoms with Gasteiger partial charge >= 0.3 is 0 Å². The Balaban J connectivity index is 3.28. The molecular formula is C14H21N. The summed E-state index contributed by atoms with van der Waals surface area (Å²) >= 11 is 0. The van der Waals surface area contributed by atoms with E-state index in [2.05, 4.69) is 25.2 Å². The quantitative estimate of drug-likeness (QED) is 0.246. The van der Waals surface area contributed by atoms with Gasteiger partial charge in [0.25, 0.3) is 0 Å². The van der Waals surface area contributed by atoms with Crippen molar-refractivity contribution in [3.8, 4) is 6.07 Å². The van der Waals surface area contributed by atoms with Gasteiger partial charge in [-0.3, -0.25) is 0 Å². The highest BCUT2D eigenvalue weighted by molar-refractivity contribution is 5.12. The molecular weight excluding hydrogens is 182 g/mol. The first-order valence-electron chi connectivity index (χ1n) is 5.78. The SMILES string of the molecule is CCCCCC/C=C/C/C=C/C=C/C#N. The van der Waals surface area contributed by atoms with Crippen molar-refractivity contribution in [3.05, 3.63) is 36.5 Å². The summed E-state index contributed by atoms with van der Waals surface area (Å²) in [5.41, 5.74) is 0. The van der Waals surface area contributed by atoms with E-state index in [0.717, 1.165) is 6.42 Å².